The van der Waals surface area contributed by atoms with Gasteiger partial charge in [0.2, 0.25) is 11.1 Å². The van der Waals surface area contributed by atoms with Crippen molar-refractivity contribution >= 4 is 23.7 Å². The molecule has 0 saturated heterocycles. The number of carbonyl (C=O) groups excluding carboxylic acids is 2. The molecule has 0 atom stereocenters. The van der Waals surface area contributed by atoms with Crippen LogP contribution in [0.25, 0.3) is 11.4 Å². The van der Waals surface area contributed by atoms with E-state index in [1.807, 2.05) is 24.3 Å². The summed E-state index contributed by atoms with van der Waals surface area (Å²) in [5.74, 6) is 1.06. The van der Waals surface area contributed by atoms with Gasteiger partial charge in [-0.05, 0) is 37.1 Å². The summed E-state index contributed by atoms with van der Waals surface area (Å²) in [7, 11) is 1.61. The predicted molar refractivity (Wildman–Crippen MR) is 103 cm³/mol. The number of imide groups is 1. The smallest absolute Gasteiger partial charge is 0.321 e. The van der Waals surface area contributed by atoms with Gasteiger partial charge in [-0.3, -0.25) is 15.2 Å². The second-order valence-electron chi connectivity index (χ2n) is 6.34. The van der Waals surface area contributed by atoms with Crippen LogP contribution in [0.3, 0.4) is 0 Å². The molecule has 1 aromatic carbocycles. The predicted octanol–water partition coefficient (Wildman–Crippen LogP) is 2.73. The number of aromatic amines is 1. The summed E-state index contributed by atoms with van der Waals surface area (Å²) in [5.41, 5.74) is 0.867. The molecule has 1 aromatic heterocycles. The highest BCUT2D eigenvalue weighted by atomic mass is 32.2. The van der Waals surface area contributed by atoms with E-state index in [2.05, 4.69) is 25.8 Å². The number of amides is 3. The van der Waals surface area contributed by atoms with E-state index >= 15 is 0 Å². The summed E-state index contributed by atoms with van der Waals surface area (Å²) in [6.45, 7) is 0. The molecule has 1 saturated carbocycles. The molecule has 8 nitrogen and oxygen atoms in total. The molecule has 9 heteroatoms. The summed E-state index contributed by atoms with van der Waals surface area (Å²) in [6.07, 6.45) is 5.40. The average Bonchev–Trinajstić information content (AvgIpc) is 3.16. The normalized spacial score (nSPS) is 14.6. The van der Waals surface area contributed by atoms with Gasteiger partial charge in [-0.1, -0.05) is 31.0 Å². The maximum absolute atomic E-state index is 11.9. The molecule has 3 N–H and O–H groups in total. The molecule has 1 fully saturated rings. The minimum atomic E-state index is -0.429. The van der Waals surface area contributed by atoms with Gasteiger partial charge in [0.05, 0.1) is 12.9 Å². The Kier molecular flexibility index (Phi) is 6.69. The monoisotopic (exact) mass is 389 g/mol. The number of carbonyl (C=O) groups is 2. The topological polar surface area (TPSA) is 109 Å². The number of H-pyrrole nitrogens is 1. The standard InChI is InChI=1S/C18H23N5O3S/c1-26-14-9-7-12(8-10-14)16-21-18(23-22-16)27-11-15(24)20-17(25)19-13-5-3-2-4-6-13/h7-10,13H,2-6,11H2,1H3,(H,21,22,23)(H2,19,20,24,25). The fraction of sp³-hybridized carbons (Fsp3) is 0.444. The van der Waals surface area contributed by atoms with Crippen molar-refractivity contribution < 1.29 is 14.3 Å². The quantitative estimate of drug-likeness (QED) is 0.656. The number of nitrogens with one attached hydrogen (secondary N) is 3. The lowest BCUT2D eigenvalue weighted by molar-refractivity contribution is -0.117. The number of urea groups is 1. The fourth-order valence-corrected chi connectivity index (χ4v) is 3.55. The Morgan fingerprint density at radius 1 is 1.22 bits per heavy atom. The second kappa shape index (κ2) is 9.40. The van der Waals surface area contributed by atoms with Crippen molar-refractivity contribution in [1.82, 2.24) is 25.8 Å². The van der Waals surface area contributed by atoms with Crippen LogP contribution in [-0.2, 0) is 4.79 Å². The first-order valence-corrected chi connectivity index (χ1v) is 9.92. The Balaban J connectivity index is 1.44. The van der Waals surface area contributed by atoms with Crippen LogP contribution >= 0.6 is 11.8 Å². The molecular formula is C18H23N5O3S. The van der Waals surface area contributed by atoms with Crippen LogP contribution in [0, 0.1) is 0 Å². The molecule has 0 unspecified atom stereocenters. The number of ether oxygens (including phenoxy) is 1. The number of rotatable bonds is 6. The van der Waals surface area contributed by atoms with Crippen molar-refractivity contribution in [3.05, 3.63) is 24.3 Å². The molecule has 3 amide bonds. The number of nitrogens with zero attached hydrogens (tertiary/aromatic N) is 2. The van der Waals surface area contributed by atoms with E-state index in [1.54, 1.807) is 7.11 Å². The molecular weight excluding hydrogens is 366 g/mol. The van der Waals surface area contributed by atoms with Gasteiger partial charge in [0.1, 0.15) is 5.75 Å². The van der Waals surface area contributed by atoms with Gasteiger partial charge in [-0.25, -0.2) is 9.78 Å². The lowest BCUT2D eigenvalue weighted by Gasteiger charge is -2.22. The summed E-state index contributed by atoms with van der Waals surface area (Å²) in [4.78, 5) is 28.2. The van der Waals surface area contributed by atoms with Gasteiger partial charge in [-0.2, -0.15) is 0 Å². The Hall–Kier alpha value is -2.55. The fourth-order valence-electron chi connectivity index (χ4n) is 2.95. The van der Waals surface area contributed by atoms with E-state index in [1.165, 1.54) is 18.2 Å². The van der Waals surface area contributed by atoms with Crippen LogP contribution in [0.1, 0.15) is 32.1 Å². The van der Waals surface area contributed by atoms with Gasteiger partial charge in [0.25, 0.3) is 0 Å². The maximum Gasteiger partial charge on any atom is 0.321 e. The zero-order valence-corrected chi connectivity index (χ0v) is 16.0. The van der Waals surface area contributed by atoms with Crippen molar-refractivity contribution in [2.24, 2.45) is 0 Å². The lowest BCUT2D eigenvalue weighted by Crippen LogP contribution is -2.45. The van der Waals surface area contributed by atoms with E-state index in [0.29, 0.717) is 11.0 Å². The highest BCUT2D eigenvalue weighted by molar-refractivity contribution is 7.99. The van der Waals surface area contributed by atoms with E-state index in [0.717, 1.165) is 37.0 Å². The summed E-state index contributed by atoms with van der Waals surface area (Å²) >= 11 is 1.17. The van der Waals surface area contributed by atoms with E-state index in [4.69, 9.17) is 4.74 Å². The Morgan fingerprint density at radius 3 is 2.67 bits per heavy atom. The summed E-state index contributed by atoms with van der Waals surface area (Å²) in [6, 6.07) is 7.15. The highest BCUT2D eigenvalue weighted by Gasteiger charge is 2.17. The van der Waals surface area contributed by atoms with Gasteiger partial charge in [0, 0.05) is 11.6 Å². The summed E-state index contributed by atoms with van der Waals surface area (Å²) in [5, 5.41) is 12.6. The van der Waals surface area contributed by atoms with Crippen LogP contribution in [0.4, 0.5) is 4.79 Å². The zero-order valence-electron chi connectivity index (χ0n) is 15.2. The molecule has 0 radical (unpaired) electrons. The first-order chi connectivity index (χ1) is 13.1. The Morgan fingerprint density at radius 2 is 1.96 bits per heavy atom. The Labute approximate surface area is 161 Å². The molecule has 0 bridgehead atoms. The maximum atomic E-state index is 11.9. The minimum Gasteiger partial charge on any atom is -0.497 e. The molecule has 2 aromatic rings. The Bertz CT molecular complexity index is 772. The van der Waals surface area contributed by atoms with E-state index < -0.39 is 6.03 Å². The number of hydrogen-bond donors (Lipinski definition) is 3. The molecule has 1 aliphatic rings. The van der Waals surface area contributed by atoms with Gasteiger partial charge in [0.15, 0.2) is 5.82 Å². The summed E-state index contributed by atoms with van der Waals surface area (Å²) < 4.78 is 5.13. The number of aromatic nitrogens is 3. The minimum absolute atomic E-state index is 0.0675. The molecule has 0 aliphatic heterocycles. The number of hydrogen-bond acceptors (Lipinski definition) is 6. The lowest BCUT2D eigenvalue weighted by atomic mass is 9.96. The van der Waals surface area contributed by atoms with Crippen molar-refractivity contribution in [1.29, 1.82) is 0 Å². The number of benzene rings is 1. The largest absolute Gasteiger partial charge is 0.497 e. The average molecular weight is 389 g/mol. The van der Waals surface area contributed by atoms with Crippen molar-refractivity contribution in [3.8, 4) is 17.1 Å². The van der Waals surface area contributed by atoms with Gasteiger partial charge < -0.3 is 10.1 Å². The molecule has 3 rings (SSSR count). The van der Waals surface area contributed by atoms with Crippen LogP contribution in [0.2, 0.25) is 0 Å². The van der Waals surface area contributed by atoms with E-state index in [9.17, 15) is 9.59 Å². The number of methoxy groups -OCH3 is 1. The first kappa shape index (κ1) is 19.2. The third-order valence-electron chi connectivity index (χ3n) is 4.35. The van der Waals surface area contributed by atoms with Gasteiger partial charge >= 0.3 is 6.03 Å². The van der Waals surface area contributed by atoms with Crippen LogP contribution in [-0.4, -0.2) is 46.0 Å². The number of thioether (sulfide) groups is 1. The molecule has 1 heterocycles. The van der Waals surface area contributed by atoms with Crippen LogP contribution < -0.4 is 15.4 Å². The first-order valence-electron chi connectivity index (χ1n) is 8.94. The van der Waals surface area contributed by atoms with E-state index in [-0.39, 0.29) is 17.7 Å². The molecule has 0 spiro atoms. The zero-order chi connectivity index (χ0) is 19.1. The van der Waals surface area contributed by atoms with Gasteiger partial charge in [-0.15, -0.1) is 5.10 Å². The van der Waals surface area contributed by atoms with Crippen LogP contribution in [0.5, 0.6) is 5.75 Å². The van der Waals surface area contributed by atoms with Crippen LogP contribution in [0.15, 0.2) is 29.4 Å². The SMILES string of the molecule is COc1ccc(-c2nc(SCC(=O)NC(=O)NC3CCCCC3)n[nH]2)cc1. The third-order valence-corrected chi connectivity index (χ3v) is 5.20. The molecule has 1 aliphatic carbocycles. The highest BCUT2D eigenvalue weighted by Crippen LogP contribution is 2.21. The second-order valence-corrected chi connectivity index (χ2v) is 7.28. The van der Waals surface area contributed by atoms with Crippen molar-refractivity contribution in [2.75, 3.05) is 12.9 Å². The third kappa shape index (κ3) is 5.72. The van der Waals surface area contributed by atoms with Crippen molar-refractivity contribution in [3.63, 3.8) is 0 Å². The molecule has 27 heavy (non-hydrogen) atoms. The molecule has 144 valence electrons. The van der Waals surface area contributed by atoms with Crippen molar-refractivity contribution in [2.45, 2.75) is 43.3 Å².